The molecule has 11 heteroatoms. The molecule has 6 rings (SSSR count). The minimum atomic E-state index is -0.967. The zero-order valence-corrected chi connectivity index (χ0v) is 21.6. The van der Waals surface area contributed by atoms with Crippen LogP contribution in [-0.2, 0) is 24.4 Å². The van der Waals surface area contributed by atoms with E-state index in [1.807, 2.05) is 0 Å². The number of hydrogen-bond acceptors (Lipinski definition) is 7. The lowest BCUT2D eigenvalue weighted by Gasteiger charge is -2.28. The topological polar surface area (TPSA) is 103 Å². The molecular formula is C28H25ClFN5O4. The van der Waals surface area contributed by atoms with Gasteiger partial charge in [-0.1, -0.05) is 17.7 Å². The highest BCUT2D eigenvalue weighted by Crippen LogP contribution is 2.26. The third-order valence-corrected chi connectivity index (χ3v) is 7.11. The van der Waals surface area contributed by atoms with Crippen LogP contribution in [0.15, 0.2) is 54.7 Å². The standard InChI is InChI=1S/C28H25ClFN5O4/c29-19-2-4-25(22(30)12-19)39-16-20-5-8-31-27(32-20)18-6-9-34(13-18)15-26-33-23-3-1-17(28(36)37)11-24(23)35(26)14-21-7-10-38-21/h1-6,8,11-12,21H,7,9-10,13-16H2,(H,36,37). The Morgan fingerprint density at radius 2 is 2.08 bits per heavy atom. The lowest BCUT2D eigenvalue weighted by molar-refractivity contribution is -0.0591. The Bertz CT molecular complexity index is 1590. The molecule has 0 bridgehead atoms. The molecule has 2 aliphatic heterocycles. The first-order valence-electron chi connectivity index (χ1n) is 12.6. The summed E-state index contributed by atoms with van der Waals surface area (Å²) in [5, 5.41) is 9.78. The molecule has 2 aromatic carbocycles. The molecule has 0 saturated carbocycles. The van der Waals surface area contributed by atoms with Gasteiger partial charge in [0.1, 0.15) is 12.4 Å². The number of hydrogen-bond donors (Lipinski definition) is 1. The zero-order chi connectivity index (χ0) is 26.9. The molecular weight excluding hydrogens is 525 g/mol. The number of fused-ring (bicyclic) bond motifs is 1. The molecule has 1 saturated heterocycles. The molecule has 4 heterocycles. The van der Waals surface area contributed by atoms with E-state index in [-0.39, 0.29) is 24.0 Å². The first-order chi connectivity index (χ1) is 18.9. The Hall–Kier alpha value is -3.86. The summed E-state index contributed by atoms with van der Waals surface area (Å²) in [4.78, 5) is 27.7. The van der Waals surface area contributed by atoms with Gasteiger partial charge in [0, 0.05) is 36.5 Å². The number of imidazole rings is 1. The number of carbonyl (C=O) groups is 1. The molecule has 1 N–H and O–H groups in total. The first-order valence-corrected chi connectivity index (χ1v) is 13.0. The van der Waals surface area contributed by atoms with Crippen LogP contribution in [0.25, 0.3) is 16.6 Å². The number of benzene rings is 2. The quantitative estimate of drug-likeness (QED) is 0.323. The molecule has 0 spiro atoms. The Kier molecular flexibility index (Phi) is 6.99. The van der Waals surface area contributed by atoms with E-state index in [9.17, 15) is 14.3 Å². The van der Waals surface area contributed by atoms with Gasteiger partial charge in [0.2, 0.25) is 0 Å². The molecule has 1 unspecified atom stereocenters. The fourth-order valence-corrected chi connectivity index (χ4v) is 4.89. The largest absolute Gasteiger partial charge is 0.484 e. The van der Waals surface area contributed by atoms with Crippen molar-refractivity contribution in [3.63, 3.8) is 0 Å². The Morgan fingerprint density at radius 3 is 2.85 bits per heavy atom. The fourth-order valence-electron chi connectivity index (χ4n) is 4.73. The lowest BCUT2D eigenvalue weighted by atomic mass is 10.1. The van der Waals surface area contributed by atoms with Crippen molar-refractivity contribution in [1.82, 2.24) is 24.4 Å². The van der Waals surface area contributed by atoms with Crippen molar-refractivity contribution in [2.24, 2.45) is 0 Å². The highest BCUT2D eigenvalue weighted by atomic mass is 35.5. The van der Waals surface area contributed by atoms with Crippen molar-refractivity contribution in [3.8, 4) is 5.75 Å². The van der Waals surface area contributed by atoms with Gasteiger partial charge in [0.25, 0.3) is 0 Å². The number of carboxylic acid groups (broad SMARTS) is 1. The van der Waals surface area contributed by atoms with Crippen molar-refractivity contribution in [2.75, 3.05) is 19.7 Å². The van der Waals surface area contributed by atoms with Crippen LogP contribution in [0.3, 0.4) is 0 Å². The SMILES string of the molecule is O=C(O)c1ccc2nc(CN3CC=C(c4nccc(COc5ccc(Cl)cc5F)n4)C3)n(CC3CCO3)c2c1. The van der Waals surface area contributed by atoms with Crippen molar-refractivity contribution < 1.29 is 23.8 Å². The van der Waals surface area contributed by atoms with Gasteiger partial charge in [0.05, 0.1) is 41.5 Å². The monoisotopic (exact) mass is 549 g/mol. The van der Waals surface area contributed by atoms with Crippen LogP contribution in [-0.4, -0.2) is 61.3 Å². The minimum absolute atomic E-state index is 0.0939. The van der Waals surface area contributed by atoms with Crippen molar-refractivity contribution in [1.29, 1.82) is 0 Å². The van der Waals surface area contributed by atoms with E-state index < -0.39 is 11.8 Å². The van der Waals surface area contributed by atoms with E-state index in [1.165, 1.54) is 12.1 Å². The second kappa shape index (κ2) is 10.7. The molecule has 1 fully saturated rings. The van der Waals surface area contributed by atoms with Crippen LogP contribution < -0.4 is 4.74 Å². The number of halogens is 2. The summed E-state index contributed by atoms with van der Waals surface area (Å²) in [5.41, 5.74) is 3.39. The van der Waals surface area contributed by atoms with E-state index in [0.717, 1.165) is 35.5 Å². The lowest BCUT2D eigenvalue weighted by Crippen LogP contribution is -2.32. The smallest absolute Gasteiger partial charge is 0.335 e. The van der Waals surface area contributed by atoms with Crippen LogP contribution >= 0.6 is 11.6 Å². The van der Waals surface area contributed by atoms with Crippen LogP contribution in [0.4, 0.5) is 4.39 Å². The molecule has 0 radical (unpaired) electrons. The van der Waals surface area contributed by atoms with Gasteiger partial charge in [-0.2, -0.15) is 0 Å². The van der Waals surface area contributed by atoms with Gasteiger partial charge >= 0.3 is 5.97 Å². The molecule has 2 aromatic heterocycles. The van der Waals surface area contributed by atoms with Gasteiger partial charge in [-0.25, -0.2) is 24.1 Å². The molecule has 1 atom stereocenters. The maximum Gasteiger partial charge on any atom is 0.335 e. The van der Waals surface area contributed by atoms with E-state index in [2.05, 4.69) is 25.5 Å². The number of aromatic nitrogens is 4. The number of carboxylic acids is 1. The zero-order valence-electron chi connectivity index (χ0n) is 20.9. The number of nitrogens with zero attached hydrogens (tertiary/aromatic N) is 5. The van der Waals surface area contributed by atoms with Crippen molar-refractivity contribution in [3.05, 3.63) is 88.5 Å². The maximum absolute atomic E-state index is 14.0. The van der Waals surface area contributed by atoms with Crippen molar-refractivity contribution >= 4 is 34.2 Å². The van der Waals surface area contributed by atoms with Gasteiger partial charge in [-0.05, 0) is 48.9 Å². The van der Waals surface area contributed by atoms with E-state index in [1.54, 1.807) is 36.5 Å². The molecule has 0 aliphatic carbocycles. The molecule has 9 nitrogen and oxygen atoms in total. The third kappa shape index (κ3) is 5.49. The van der Waals surface area contributed by atoms with Gasteiger partial charge in [0.15, 0.2) is 17.4 Å². The molecule has 200 valence electrons. The van der Waals surface area contributed by atoms with E-state index in [4.69, 9.17) is 26.1 Å². The molecule has 4 aromatic rings. The minimum Gasteiger partial charge on any atom is -0.484 e. The summed E-state index contributed by atoms with van der Waals surface area (Å²) < 4.78 is 27.4. The summed E-state index contributed by atoms with van der Waals surface area (Å²) in [6.07, 6.45) is 4.82. The number of rotatable bonds is 9. The second-order valence-electron chi connectivity index (χ2n) is 9.56. The summed E-state index contributed by atoms with van der Waals surface area (Å²) in [7, 11) is 0. The third-order valence-electron chi connectivity index (χ3n) is 6.88. The second-order valence-corrected chi connectivity index (χ2v) is 10.00. The summed E-state index contributed by atoms with van der Waals surface area (Å²) in [6, 6.07) is 11.0. The average molecular weight is 550 g/mol. The van der Waals surface area contributed by atoms with E-state index >= 15 is 0 Å². The predicted octanol–water partition coefficient (Wildman–Crippen LogP) is 4.58. The molecule has 2 aliphatic rings. The molecule has 39 heavy (non-hydrogen) atoms. The number of aromatic carboxylic acids is 1. The van der Waals surface area contributed by atoms with Gasteiger partial charge in [-0.3, -0.25) is 4.90 Å². The van der Waals surface area contributed by atoms with Gasteiger partial charge in [-0.15, -0.1) is 0 Å². The van der Waals surface area contributed by atoms with E-state index in [0.29, 0.717) is 42.7 Å². The molecule has 0 amide bonds. The van der Waals surface area contributed by atoms with Gasteiger partial charge < -0.3 is 19.1 Å². The summed E-state index contributed by atoms with van der Waals surface area (Å²) >= 11 is 5.81. The van der Waals surface area contributed by atoms with Crippen LogP contribution in [0.1, 0.15) is 34.1 Å². The Balaban J connectivity index is 1.16. The fraction of sp³-hybridized carbons (Fsp3) is 0.286. The van der Waals surface area contributed by atoms with Crippen molar-refractivity contribution in [2.45, 2.75) is 32.2 Å². The van der Waals surface area contributed by atoms with Crippen LogP contribution in [0.2, 0.25) is 5.02 Å². The maximum atomic E-state index is 14.0. The van der Waals surface area contributed by atoms with Crippen LogP contribution in [0, 0.1) is 5.82 Å². The Morgan fingerprint density at radius 1 is 1.21 bits per heavy atom. The summed E-state index contributed by atoms with van der Waals surface area (Å²) in [5.74, 6) is 0.0605. The highest BCUT2D eigenvalue weighted by molar-refractivity contribution is 6.30. The normalized spacial score (nSPS) is 17.3. The average Bonchev–Trinajstić information content (AvgIpc) is 3.50. The predicted molar refractivity (Wildman–Crippen MR) is 142 cm³/mol. The Labute approximate surface area is 228 Å². The summed E-state index contributed by atoms with van der Waals surface area (Å²) in [6.45, 7) is 3.35. The van der Waals surface area contributed by atoms with Crippen LogP contribution in [0.5, 0.6) is 5.75 Å². The highest BCUT2D eigenvalue weighted by Gasteiger charge is 2.25. The number of ether oxygens (including phenoxy) is 2. The first kappa shape index (κ1) is 25.4.